The van der Waals surface area contributed by atoms with Gasteiger partial charge in [0.15, 0.2) is 0 Å². The third-order valence-corrected chi connectivity index (χ3v) is 8.19. The van der Waals surface area contributed by atoms with Crippen LogP contribution < -0.4 is 10.1 Å². The number of benzene rings is 2. The third kappa shape index (κ3) is 5.22. The van der Waals surface area contributed by atoms with Crippen molar-refractivity contribution in [2.75, 3.05) is 33.3 Å². The minimum Gasteiger partial charge on any atom is -0.496 e. The highest BCUT2D eigenvalue weighted by atomic mass is 16.5. The summed E-state index contributed by atoms with van der Waals surface area (Å²) in [6, 6.07) is 16.7. The Labute approximate surface area is 208 Å². The smallest absolute Gasteiger partial charge is 0.257 e. The molecule has 0 radical (unpaired) electrons. The molecule has 1 aliphatic carbocycles. The molecule has 2 aromatic rings. The van der Waals surface area contributed by atoms with Crippen LogP contribution in [0.4, 0.5) is 0 Å². The second-order valence-corrected chi connectivity index (χ2v) is 10.2. The van der Waals surface area contributed by atoms with Crippen molar-refractivity contribution in [2.24, 2.45) is 5.92 Å². The van der Waals surface area contributed by atoms with Gasteiger partial charge in [-0.3, -0.25) is 9.59 Å². The Morgan fingerprint density at radius 2 is 1.60 bits per heavy atom. The number of aryl methyl sites for hydroxylation is 1. The topological polar surface area (TPSA) is 61.9 Å². The molecule has 0 spiro atoms. The first-order valence-corrected chi connectivity index (χ1v) is 13.2. The Balaban J connectivity index is 1.09. The van der Waals surface area contributed by atoms with Crippen LogP contribution in [-0.4, -0.2) is 60.9 Å². The Hall–Kier alpha value is -2.86. The fourth-order valence-electron chi connectivity index (χ4n) is 6.15. The van der Waals surface area contributed by atoms with Crippen molar-refractivity contribution in [3.8, 4) is 5.75 Å². The average molecular weight is 476 g/mol. The Morgan fingerprint density at radius 3 is 2.37 bits per heavy atom. The maximum atomic E-state index is 13.1. The lowest BCUT2D eigenvalue weighted by Gasteiger charge is -2.41. The van der Waals surface area contributed by atoms with E-state index < -0.39 is 0 Å². The number of carbonyl (C=O) groups is 2. The number of para-hydroxylation sites is 1. The quantitative estimate of drug-likeness (QED) is 0.704. The molecule has 0 saturated carbocycles. The van der Waals surface area contributed by atoms with Gasteiger partial charge in [0.25, 0.3) is 5.91 Å². The average Bonchev–Trinajstić information content (AvgIpc) is 2.93. The molecule has 2 amide bonds. The number of hydrogen-bond donors (Lipinski definition) is 1. The van der Waals surface area contributed by atoms with Gasteiger partial charge in [0.2, 0.25) is 5.91 Å². The molecule has 1 atom stereocenters. The van der Waals surface area contributed by atoms with E-state index in [0.29, 0.717) is 17.4 Å². The number of rotatable bonds is 5. The van der Waals surface area contributed by atoms with Crippen molar-refractivity contribution in [1.82, 2.24) is 15.1 Å². The first-order chi connectivity index (χ1) is 17.1. The van der Waals surface area contributed by atoms with E-state index in [4.69, 9.17) is 4.74 Å². The second-order valence-electron chi connectivity index (χ2n) is 10.2. The third-order valence-electron chi connectivity index (χ3n) is 8.19. The van der Waals surface area contributed by atoms with Gasteiger partial charge in [-0.05, 0) is 81.3 Å². The molecule has 3 aliphatic rings. The van der Waals surface area contributed by atoms with Crippen LogP contribution in [0.3, 0.4) is 0 Å². The molecule has 6 heteroatoms. The minimum absolute atomic E-state index is 0.0561. The Morgan fingerprint density at radius 1 is 0.886 bits per heavy atom. The SMILES string of the molecule is COc1ccccc1C(=O)N1CCC(N2CCC(C(=O)NC3CCCc4ccccc43)CC2)CC1. The van der Waals surface area contributed by atoms with E-state index in [1.807, 2.05) is 29.2 Å². The molecule has 5 rings (SSSR count). The molecule has 0 bridgehead atoms. The summed E-state index contributed by atoms with van der Waals surface area (Å²) in [5, 5.41) is 3.37. The standard InChI is InChI=1S/C29H37N3O3/c1-35-27-12-5-4-10-25(27)29(34)32-19-15-23(16-20-32)31-17-13-22(14-18-31)28(33)30-26-11-6-8-21-7-2-3-9-24(21)26/h2-5,7,9-10,12,22-23,26H,6,8,11,13-20H2,1H3,(H,30,33). The van der Waals surface area contributed by atoms with Gasteiger partial charge in [0.1, 0.15) is 5.75 Å². The molecule has 2 heterocycles. The molecule has 6 nitrogen and oxygen atoms in total. The number of piperidine rings is 2. The Kier molecular flexibility index (Phi) is 7.37. The number of hydrogen-bond acceptors (Lipinski definition) is 4. The van der Waals surface area contributed by atoms with E-state index in [-0.39, 0.29) is 23.8 Å². The highest BCUT2D eigenvalue weighted by Gasteiger charge is 2.33. The van der Waals surface area contributed by atoms with Gasteiger partial charge in [-0.2, -0.15) is 0 Å². The van der Waals surface area contributed by atoms with Crippen LogP contribution in [0.2, 0.25) is 0 Å². The number of carbonyl (C=O) groups excluding carboxylic acids is 2. The molecular weight excluding hydrogens is 438 g/mol. The fraction of sp³-hybridized carbons (Fsp3) is 0.517. The summed E-state index contributed by atoms with van der Waals surface area (Å²) in [5.41, 5.74) is 3.33. The van der Waals surface area contributed by atoms with Gasteiger partial charge in [0, 0.05) is 25.0 Å². The van der Waals surface area contributed by atoms with Crippen LogP contribution in [-0.2, 0) is 11.2 Å². The predicted molar refractivity (Wildman–Crippen MR) is 136 cm³/mol. The highest BCUT2D eigenvalue weighted by molar-refractivity contribution is 5.97. The number of amides is 2. The fourth-order valence-corrected chi connectivity index (χ4v) is 6.15. The summed E-state index contributed by atoms with van der Waals surface area (Å²) < 4.78 is 5.38. The zero-order chi connectivity index (χ0) is 24.2. The van der Waals surface area contributed by atoms with Gasteiger partial charge in [0.05, 0.1) is 18.7 Å². The number of ether oxygens (including phenoxy) is 1. The minimum atomic E-state index is 0.0561. The van der Waals surface area contributed by atoms with Gasteiger partial charge in [-0.15, -0.1) is 0 Å². The number of nitrogens with one attached hydrogen (secondary N) is 1. The van der Waals surface area contributed by atoms with Crippen LogP contribution in [0.15, 0.2) is 48.5 Å². The summed E-state index contributed by atoms with van der Waals surface area (Å²) in [6.45, 7) is 3.46. The van der Waals surface area contributed by atoms with Crippen LogP contribution in [0.1, 0.15) is 66.1 Å². The number of fused-ring (bicyclic) bond motifs is 1. The van der Waals surface area contributed by atoms with Crippen molar-refractivity contribution in [3.63, 3.8) is 0 Å². The highest BCUT2D eigenvalue weighted by Crippen LogP contribution is 2.31. The molecule has 1 unspecified atom stereocenters. The molecule has 2 saturated heterocycles. The number of nitrogens with zero attached hydrogens (tertiary/aromatic N) is 2. The molecule has 35 heavy (non-hydrogen) atoms. The summed E-state index contributed by atoms with van der Waals surface area (Å²) in [7, 11) is 1.61. The van der Waals surface area contributed by atoms with Gasteiger partial charge in [-0.25, -0.2) is 0 Å². The molecular formula is C29H37N3O3. The van der Waals surface area contributed by atoms with Gasteiger partial charge in [-0.1, -0.05) is 36.4 Å². The van der Waals surface area contributed by atoms with Crippen LogP contribution in [0.5, 0.6) is 5.75 Å². The molecule has 1 N–H and O–H groups in total. The van der Waals surface area contributed by atoms with Crippen LogP contribution >= 0.6 is 0 Å². The lowest BCUT2D eigenvalue weighted by Crippen LogP contribution is -2.50. The summed E-state index contributed by atoms with van der Waals surface area (Å²) in [4.78, 5) is 30.6. The van der Waals surface area contributed by atoms with E-state index in [1.54, 1.807) is 7.11 Å². The van der Waals surface area contributed by atoms with Crippen molar-refractivity contribution in [2.45, 2.75) is 57.0 Å². The zero-order valence-corrected chi connectivity index (χ0v) is 20.7. The summed E-state index contributed by atoms with van der Waals surface area (Å²) in [5.74, 6) is 1.02. The van der Waals surface area contributed by atoms with Gasteiger partial charge >= 0.3 is 0 Å². The van der Waals surface area contributed by atoms with E-state index in [2.05, 4.69) is 34.5 Å². The Bertz CT molecular complexity index is 1040. The first kappa shape index (κ1) is 23.9. The molecule has 2 aliphatic heterocycles. The van der Waals surface area contributed by atoms with Crippen molar-refractivity contribution in [1.29, 1.82) is 0 Å². The summed E-state index contributed by atoms with van der Waals surface area (Å²) in [6.07, 6.45) is 7.09. The van der Waals surface area contributed by atoms with Crippen molar-refractivity contribution < 1.29 is 14.3 Å². The van der Waals surface area contributed by atoms with E-state index in [9.17, 15) is 9.59 Å². The van der Waals surface area contributed by atoms with Crippen molar-refractivity contribution in [3.05, 3.63) is 65.2 Å². The monoisotopic (exact) mass is 475 g/mol. The molecule has 0 aromatic heterocycles. The lowest BCUT2D eigenvalue weighted by molar-refractivity contribution is -0.127. The van der Waals surface area contributed by atoms with E-state index in [0.717, 1.165) is 71.1 Å². The largest absolute Gasteiger partial charge is 0.496 e. The molecule has 186 valence electrons. The maximum absolute atomic E-state index is 13.1. The first-order valence-electron chi connectivity index (χ1n) is 13.2. The second kappa shape index (κ2) is 10.8. The van der Waals surface area contributed by atoms with Crippen molar-refractivity contribution >= 4 is 11.8 Å². The number of methoxy groups -OCH3 is 1. The summed E-state index contributed by atoms with van der Waals surface area (Å²) >= 11 is 0. The zero-order valence-electron chi connectivity index (χ0n) is 20.7. The number of likely N-dealkylation sites (tertiary alicyclic amines) is 2. The van der Waals surface area contributed by atoms with Crippen LogP contribution in [0.25, 0.3) is 0 Å². The van der Waals surface area contributed by atoms with Crippen LogP contribution in [0, 0.1) is 5.92 Å². The van der Waals surface area contributed by atoms with E-state index >= 15 is 0 Å². The predicted octanol–water partition coefficient (Wildman–Crippen LogP) is 4.21. The molecule has 2 fully saturated rings. The lowest BCUT2D eigenvalue weighted by atomic mass is 9.86. The normalized spacial score (nSPS) is 21.9. The van der Waals surface area contributed by atoms with Gasteiger partial charge < -0.3 is 19.9 Å². The van der Waals surface area contributed by atoms with E-state index in [1.165, 1.54) is 11.1 Å². The maximum Gasteiger partial charge on any atom is 0.257 e. The molecule has 2 aromatic carbocycles.